The standard InChI is InChI=1S/C7H6O2S.C4H8O/c8-7(9)5-3-1-2-4-6(5)10;1-2-4-5-3-1/h1-4,10H,(H,8,9);1-4H2. The average molecular weight is 226 g/mol. The summed E-state index contributed by atoms with van der Waals surface area (Å²) < 4.78 is 4.94. The van der Waals surface area contributed by atoms with Crippen LogP contribution in [-0.2, 0) is 4.74 Å². The summed E-state index contributed by atoms with van der Waals surface area (Å²) in [7, 11) is 0. The molecule has 1 saturated heterocycles. The Morgan fingerprint density at radius 2 is 1.87 bits per heavy atom. The second-order valence-electron chi connectivity index (χ2n) is 3.14. The van der Waals surface area contributed by atoms with E-state index in [2.05, 4.69) is 12.6 Å². The number of aromatic carboxylic acids is 1. The summed E-state index contributed by atoms with van der Waals surface area (Å²) in [6.07, 6.45) is 2.56. The van der Waals surface area contributed by atoms with Crippen molar-refractivity contribution < 1.29 is 14.6 Å². The molecule has 0 atom stereocenters. The van der Waals surface area contributed by atoms with Gasteiger partial charge in [-0.1, -0.05) is 12.1 Å². The Balaban J connectivity index is 0.000000187. The summed E-state index contributed by atoms with van der Waals surface area (Å²) in [5.41, 5.74) is 0.242. The number of hydrogen-bond acceptors (Lipinski definition) is 3. The van der Waals surface area contributed by atoms with E-state index in [0.717, 1.165) is 13.2 Å². The molecule has 0 aliphatic carbocycles. The van der Waals surface area contributed by atoms with Crippen molar-refractivity contribution in [1.29, 1.82) is 0 Å². The van der Waals surface area contributed by atoms with Crippen molar-refractivity contribution in [2.24, 2.45) is 0 Å². The Kier molecular flexibility index (Phi) is 5.21. The highest BCUT2D eigenvalue weighted by atomic mass is 32.1. The number of benzene rings is 1. The first-order valence-electron chi connectivity index (χ1n) is 4.81. The summed E-state index contributed by atoms with van der Waals surface area (Å²) in [6.45, 7) is 2.00. The van der Waals surface area contributed by atoms with Crippen molar-refractivity contribution >= 4 is 18.6 Å². The van der Waals surface area contributed by atoms with Crippen LogP contribution in [-0.4, -0.2) is 24.3 Å². The first-order chi connectivity index (χ1) is 7.22. The lowest BCUT2D eigenvalue weighted by Crippen LogP contribution is -1.96. The molecule has 1 N–H and O–H groups in total. The highest BCUT2D eigenvalue weighted by Gasteiger charge is 2.03. The van der Waals surface area contributed by atoms with Gasteiger partial charge in [-0.05, 0) is 25.0 Å². The fourth-order valence-corrected chi connectivity index (χ4v) is 1.42. The molecule has 2 rings (SSSR count). The molecule has 1 aromatic carbocycles. The van der Waals surface area contributed by atoms with E-state index in [1.165, 1.54) is 18.9 Å². The number of carboxylic acid groups (broad SMARTS) is 1. The third kappa shape index (κ3) is 4.36. The van der Waals surface area contributed by atoms with Crippen LogP contribution in [0.2, 0.25) is 0 Å². The highest BCUT2D eigenvalue weighted by Crippen LogP contribution is 2.11. The SMILES string of the molecule is C1CCOC1.O=C(O)c1ccccc1S. The molecule has 4 heteroatoms. The van der Waals surface area contributed by atoms with Gasteiger partial charge in [-0.15, -0.1) is 12.6 Å². The van der Waals surface area contributed by atoms with Crippen molar-refractivity contribution in [3.8, 4) is 0 Å². The molecule has 3 nitrogen and oxygen atoms in total. The fourth-order valence-electron chi connectivity index (χ4n) is 1.16. The largest absolute Gasteiger partial charge is 0.478 e. The predicted octanol–water partition coefficient (Wildman–Crippen LogP) is 2.47. The van der Waals surface area contributed by atoms with Crippen molar-refractivity contribution in [3.63, 3.8) is 0 Å². The molecule has 1 aliphatic rings. The zero-order valence-electron chi connectivity index (χ0n) is 8.35. The third-order valence-corrected chi connectivity index (χ3v) is 2.35. The van der Waals surface area contributed by atoms with Gasteiger partial charge in [-0.2, -0.15) is 0 Å². The molecule has 0 spiro atoms. The monoisotopic (exact) mass is 226 g/mol. The van der Waals surface area contributed by atoms with Gasteiger partial charge in [0.25, 0.3) is 0 Å². The number of carboxylic acids is 1. The van der Waals surface area contributed by atoms with Gasteiger partial charge in [-0.3, -0.25) is 0 Å². The number of hydrogen-bond donors (Lipinski definition) is 2. The van der Waals surface area contributed by atoms with Crippen LogP contribution in [0.25, 0.3) is 0 Å². The fraction of sp³-hybridized carbons (Fsp3) is 0.364. The van der Waals surface area contributed by atoms with Crippen LogP contribution in [0.1, 0.15) is 23.2 Å². The molecule has 1 aromatic rings. The van der Waals surface area contributed by atoms with E-state index in [4.69, 9.17) is 9.84 Å². The zero-order chi connectivity index (χ0) is 11.1. The molecule has 1 heterocycles. The molecule has 0 unspecified atom stereocenters. The first-order valence-corrected chi connectivity index (χ1v) is 5.25. The summed E-state index contributed by atoms with van der Waals surface area (Å²) in [4.78, 5) is 10.9. The highest BCUT2D eigenvalue weighted by molar-refractivity contribution is 7.80. The normalized spacial score (nSPS) is 14.2. The van der Waals surface area contributed by atoms with Crippen molar-refractivity contribution in [2.75, 3.05) is 13.2 Å². The Morgan fingerprint density at radius 1 is 1.27 bits per heavy atom. The van der Waals surface area contributed by atoms with Crippen molar-refractivity contribution in [1.82, 2.24) is 0 Å². The lowest BCUT2D eigenvalue weighted by Gasteiger charge is -1.95. The Hall–Kier alpha value is -1.00. The van der Waals surface area contributed by atoms with Gasteiger partial charge in [-0.25, -0.2) is 4.79 Å². The molecule has 0 radical (unpaired) electrons. The van der Waals surface area contributed by atoms with Gasteiger partial charge in [0.05, 0.1) is 5.56 Å². The Labute approximate surface area is 94.5 Å². The van der Waals surface area contributed by atoms with Crippen LogP contribution in [0.15, 0.2) is 29.2 Å². The maximum absolute atomic E-state index is 10.4. The minimum Gasteiger partial charge on any atom is -0.478 e. The van der Waals surface area contributed by atoms with E-state index in [-0.39, 0.29) is 5.56 Å². The quantitative estimate of drug-likeness (QED) is 0.723. The van der Waals surface area contributed by atoms with E-state index in [9.17, 15) is 4.79 Å². The third-order valence-electron chi connectivity index (χ3n) is 1.96. The van der Waals surface area contributed by atoms with Crippen LogP contribution in [0.4, 0.5) is 0 Å². The van der Waals surface area contributed by atoms with Gasteiger partial charge >= 0.3 is 5.97 Å². The Bertz CT molecular complexity index is 314. The van der Waals surface area contributed by atoms with E-state index in [1.807, 2.05) is 0 Å². The Morgan fingerprint density at radius 3 is 2.20 bits per heavy atom. The van der Waals surface area contributed by atoms with Crippen LogP contribution >= 0.6 is 12.6 Å². The van der Waals surface area contributed by atoms with E-state index >= 15 is 0 Å². The second-order valence-corrected chi connectivity index (χ2v) is 3.62. The molecular formula is C11H14O3S. The van der Waals surface area contributed by atoms with Crippen LogP contribution in [0.5, 0.6) is 0 Å². The van der Waals surface area contributed by atoms with E-state index in [0.29, 0.717) is 4.90 Å². The smallest absolute Gasteiger partial charge is 0.336 e. The minimum absolute atomic E-state index is 0.242. The van der Waals surface area contributed by atoms with Crippen molar-refractivity contribution in [2.45, 2.75) is 17.7 Å². The molecule has 1 fully saturated rings. The molecule has 0 saturated carbocycles. The minimum atomic E-state index is -0.939. The van der Waals surface area contributed by atoms with Gasteiger partial charge in [0.15, 0.2) is 0 Å². The second kappa shape index (κ2) is 6.48. The molecule has 0 aromatic heterocycles. The molecular weight excluding hydrogens is 212 g/mol. The average Bonchev–Trinajstić information content (AvgIpc) is 2.75. The van der Waals surface area contributed by atoms with E-state index < -0.39 is 5.97 Å². The topological polar surface area (TPSA) is 46.5 Å². The number of rotatable bonds is 1. The van der Waals surface area contributed by atoms with Gasteiger partial charge in [0.2, 0.25) is 0 Å². The molecule has 82 valence electrons. The van der Waals surface area contributed by atoms with Crippen LogP contribution in [0, 0.1) is 0 Å². The summed E-state index contributed by atoms with van der Waals surface area (Å²) in [5, 5.41) is 8.52. The molecule has 0 amide bonds. The summed E-state index contributed by atoms with van der Waals surface area (Å²) in [6, 6.07) is 6.58. The van der Waals surface area contributed by atoms with Gasteiger partial charge < -0.3 is 9.84 Å². The van der Waals surface area contributed by atoms with Crippen LogP contribution < -0.4 is 0 Å². The van der Waals surface area contributed by atoms with E-state index in [1.54, 1.807) is 18.2 Å². The number of carbonyl (C=O) groups is 1. The summed E-state index contributed by atoms with van der Waals surface area (Å²) >= 11 is 3.96. The molecule has 1 aliphatic heterocycles. The van der Waals surface area contributed by atoms with Crippen LogP contribution in [0.3, 0.4) is 0 Å². The van der Waals surface area contributed by atoms with Gasteiger partial charge in [0.1, 0.15) is 0 Å². The first kappa shape index (κ1) is 12.1. The summed E-state index contributed by atoms with van der Waals surface area (Å²) in [5.74, 6) is -0.939. The molecule has 15 heavy (non-hydrogen) atoms. The predicted molar refractivity (Wildman–Crippen MR) is 60.7 cm³/mol. The number of ether oxygens (including phenoxy) is 1. The lowest BCUT2D eigenvalue weighted by atomic mass is 10.2. The van der Waals surface area contributed by atoms with Gasteiger partial charge in [0, 0.05) is 18.1 Å². The molecule has 0 bridgehead atoms. The lowest BCUT2D eigenvalue weighted by molar-refractivity contribution is 0.0693. The zero-order valence-corrected chi connectivity index (χ0v) is 9.24. The maximum atomic E-state index is 10.4. The maximum Gasteiger partial charge on any atom is 0.336 e. The van der Waals surface area contributed by atoms with Crippen molar-refractivity contribution in [3.05, 3.63) is 29.8 Å². The number of thiol groups is 1.